The summed E-state index contributed by atoms with van der Waals surface area (Å²) in [5, 5.41) is 9.23. The topological polar surface area (TPSA) is 74.2 Å². The predicted molar refractivity (Wildman–Crippen MR) is 153 cm³/mol. The van der Waals surface area contributed by atoms with Gasteiger partial charge < -0.3 is 24.1 Å². The number of allylic oxidation sites excluding steroid dienone is 2. The molecule has 1 atom stereocenters. The molecule has 0 aliphatic rings. The highest BCUT2D eigenvalue weighted by atomic mass is 16.7. The summed E-state index contributed by atoms with van der Waals surface area (Å²) in [4.78, 5) is 11.6. The largest absolute Gasteiger partial charge is 0.514 e. The van der Waals surface area contributed by atoms with Crippen molar-refractivity contribution in [3.8, 4) is 17.2 Å². The third-order valence-electron chi connectivity index (χ3n) is 4.80. The molecule has 0 amide bonds. The fourth-order valence-electron chi connectivity index (χ4n) is 2.86. The summed E-state index contributed by atoms with van der Waals surface area (Å²) in [6.45, 7) is 10.9. The molecule has 0 aliphatic heterocycles. The Balaban J connectivity index is 0.000000328. The van der Waals surface area contributed by atoms with E-state index in [0.29, 0.717) is 5.75 Å². The maximum Gasteiger partial charge on any atom is 0.514 e. The first-order chi connectivity index (χ1) is 18.1. The van der Waals surface area contributed by atoms with Gasteiger partial charge in [-0.3, -0.25) is 0 Å². The van der Waals surface area contributed by atoms with Crippen molar-refractivity contribution in [2.75, 3.05) is 7.11 Å². The van der Waals surface area contributed by atoms with Gasteiger partial charge in [0.05, 0.1) is 0 Å². The van der Waals surface area contributed by atoms with E-state index in [1.807, 2.05) is 79.8 Å². The molecular formula is C32H36O6. The van der Waals surface area contributed by atoms with E-state index in [1.165, 1.54) is 0 Å². The Labute approximate surface area is 225 Å². The Morgan fingerprint density at radius 3 is 1.76 bits per heavy atom. The zero-order chi connectivity index (χ0) is 28.0. The Morgan fingerprint density at radius 1 is 0.816 bits per heavy atom. The van der Waals surface area contributed by atoms with Crippen LogP contribution in [0.25, 0.3) is 18.2 Å². The Kier molecular flexibility index (Phi) is 11.9. The third-order valence-corrected chi connectivity index (χ3v) is 4.80. The van der Waals surface area contributed by atoms with Crippen LogP contribution in [0.3, 0.4) is 0 Å². The van der Waals surface area contributed by atoms with Gasteiger partial charge in [-0.05, 0) is 80.8 Å². The maximum absolute atomic E-state index is 11.6. The lowest BCUT2D eigenvalue weighted by Gasteiger charge is -2.18. The van der Waals surface area contributed by atoms with Crippen molar-refractivity contribution in [1.82, 2.24) is 0 Å². The van der Waals surface area contributed by atoms with Crippen LogP contribution in [0.1, 0.15) is 44.4 Å². The van der Waals surface area contributed by atoms with Crippen molar-refractivity contribution >= 4 is 24.4 Å². The molecule has 1 N–H and O–H groups in total. The zero-order valence-corrected chi connectivity index (χ0v) is 22.6. The fourth-order valence-corrected chi connectivity index (χ4v) is 2.86. The second-order valence-electron chi connectivity index (χ2n) is 9.14. The molecule has 0 aromatic heterocycles. The van der Waals surface area contributed by atoms with E-state index in [-0.39, 0.29) is 12.0 Å². The van der Waals surface area contributed by atoms with E-state index in [1.54, 1.807) is 58.2 Å². The highest BCUT2D eigenvalue weighted by molar-refractivity contribution is 5.65. The summed E-state index contributed by atoms with van der Waals surface area (Å²) in [5.41, 5.74) is 2.48. The van der Waals surface area contributed by atoms with Crippen LogP contribution in [0, 0.1) is 0 Å². The minimum atomic E-state index is -0.715. The first-order valence-electron chi connectivity index (χ1n) is 12.1. The molecule has 3 rings (SSSR count). The molecule has 3 aromatic rings. The van der Waals surface area contributed by atoms with Crippen molar-refractivity contribution in [3.05, 3.63) is 108 Å². The fraction of sp³-hybridized carbons (Fsp3) is 0.219. The smallest absolute Gasteiger partial charge is 0.508 e. The van der Waals surface area contributed by atoms with Gasteiger partial charge in [-0.25, -0.2) is 4.79 Å². The molecule has 38 heavy (non-hydrogen) atoms. The lowest BCUT2D eigenvalue weighted by molar-refractivity contribution is -0.0382. The number of aromatic hydroxyl groups is 1. The van der Waals surface area contributed by atoms with Gasteiger partial charge in [-0.2, -0.15) is 0 Å². The second kappa shape index (κ2) is 15.1. The quantitative estimate of drug-likeness (QED) is 0.141. The minimum absolute atomic E-state index is 0.213. The van der Waals surface area contributed by atoms with Gasteiger partial charge in [-0.1, -0.05) is 73.4 Å². The molecule has 6 nitrogen and oxygen atoms in total. The van der Waals surface area contributed by atoms with Crippen LogP contribution in [-0.4, -0.2) is 30.3 Å². The number of benzene rings is 3. The molecule has 200 valence electrons. The predicted octanol–water partition coefficient (Wildman–Crippen LogP) is 8.13. The number of carbonyl (C=O) groups excluding carboxylic acids is 1. The van der Waals surface area contributed by atoms with Gasteiger partial charge in [0.1, 0.15) is 22.8 Å². The number of rotatable bonds is 8. The van der Waals surface area contributed by atoms with Gasteiger partial charge in [-0.15, -0.1) is 0 Å². The van der Waals surface area contributed by atoms with Crippen LogP contribution in [0.4, 0.5) is 4.79 Å². The number of methoxy groups -OCH3 is 1. The summed E-state index contributed by atoms with van der Waals surface area (Å²) >= 11 is 0. The molecule has 6 heteroatoms. The van der Waals surface area contributed by atoms with E-state index >= 15 is 0 Å². The summed E-state index contributed by atoms with van der Waals surface area (Å²) in [6.07, 6.45) is 8.57. The number of ether oxygens (including phenoxy) is 4. The Bertz CT molecular complexity index is 1180. The number of hydrogen-bond donors (Lipinski definition) is 1. The first kappa shape index (κ1) is 29.9. The normalized spacial score (nSPS) is 11.9. The summed E-state index contributed by atoms with van der Waals surface area (Å²) in [6, 6.07) is 21.8. The number of carbonyl (C=O) groups is 1. The minimum Gasteiger partial charge on any atom is -0.508 e. The molecule has 1 unspecified atom stereocenters. The van der Waals surface area contributed by atoms with Crippen molar-refractivity contribution in [2.45, 2.75) is 39.6 Å². The highest BCUT2D eigenvalue weighted by Gasteiger charge is 2.17. The lowest BCUT2D eigenvalue weighted by Crippen LogP contribution is -2.25. The number of phenols is 1. The van der Waals surface area contributed by atoms with E-state index in [0.717, 1.165) is 22.4 Å². The van der Waals surface area contributed by atoms with Gasteiger partial charge in [0.2, 0.25) is 0 Å². The summed E-state index contributed by atoms with van der Waals surface area (Å²) < 4.78 is 20.6. The highest BCUT2D eigenvalue weighted by Crippen LogP contribution is 2.17. The first-order valence-corrected chi connectivity index (χ1v) is 12.1. The van der Waals surface area contributed by atoms with Crippen molar-refractivity contribution in [2.24, 2.45) is 0 Å². The van der Waals surface area contributed by atoms with Gasteiger partial charge >= 0.3 is 6.16 Å². The molecule has 0 saturated heterocycles. The van der Waals surface area contributed by atoms with E-state index < -0.39 is 11.8 Å². The third kappa shape index (κ3) is 12.1. The average Bonchev–Trinajstić information content (AvgIpc) is 2.88. The van der Waals surface area contributed by atoms with E-state index in [4.69, 9.17) is 18.9 Å². The molecule has 0 aliphatic carbocycles. The molecule has 0 radical (unpaired) electrons. The average molecular weight is 517 g/mol. The van der Waals surface area contributed by atoms with E-state index in [9.17, 15) is 9.90 Å². The summed E-state index contributed by atoms with van der Waals surface area (Å²) in [7, 11) is 1.61. The van der Waals surface area contributed by atoms with Crippen LogP contribution in [-0.2, 0) is 9.47 Å². The molecule has 0 saturated carbocycles. The van der Waals surface area contributed by atoms with Crippen LogP contribution < -0.4 is 9.47 Å². The number of phenolic OH excluding ortho intramolecular Hbond substituents is 1. The molecule has 0 fully saturated rings. The molecular weight excluding hydrogens is 480 g/mol. The van der Waals surface area contributed by atoms with Crippen molar-refractivity contribution < 1.29 is 28.8 Å². The van der Waals surface area contributed by atoms with Crippen LogP contribution in [0.2, 0.25) is 0 Å². The lowest BCUT2D eigenvalue weighted by atomic mass is 10.2. The van der Waals surface area contributed by atoms with Crippen molar-refractivity contribution in [1.29, 1.82) is 0 Å². The van der Waals surface area contributed by atoms with Gasteiger partial charge in [0.25, 0.3) is 0 Å². The number of hydrogen-bond acceptors (Lipinski definition) is 6. The summed E-state index contributed by atoms with van der Waals surface area (Å²) in [5.74, 6) is 1.49. The SMILES string of the molecule is C=Cc1ccc(OC(C)OC)cc1.CC(C)(C)OC(=O)Oc1ccc(C=CC=Cc2ccc(O)cc2)cc1. The molecule has 0 spiro atoms. The maximum atomic E-state index is 11.6. The van der Waals surface area contributed by atoms with Crippen LogP contribution in [0.5, 0.6) is 17.2 Å². The zero-order valence-electron chi connectivity index (χ0n) is 22.6. The molecule has 0 bridgehead atoms. The Morgan fingerprint density at radius 2 is 1.29 bits per heavy atom. The van der Waals surface area contributed by atoms with E-state index in [2.05, 4.69) is 6.58 Å². The van der Waals surface area contributed by atoms with Crippen molar-refractivity contribution in [3.63, 3.8) is 0 Å². The molecule has 3 aromatic carbocycles. The van der Waals surface area contributed by atoms with Crippen LogP contribution in [0.15, 0.2) is 91.5 Å². The second-order valence-corrected chi connectivity index (χ2v) is 9.14. The van der Waals surface area contributed by atoms with Gasteiger partial charge in [0, 0.05) is 7.11 Å². The monoisotopic (exact) mass is 516 g/mol. The molecule has 0 heterocycles. The Hall–Kier alpha value is -4.29. The van der Waals surface area contributed by atoms with Gasteiger partial charge in [0.15, 0.2) is 6.29 Å². The standard InChI is InChI=1S/C21H22O4.C11H14O2/c1-21(2,3)25-20(23)24-19-14-10-17(11-15-19)7-5-4-6-16-8-12-18(22)13-9-16;1-4-10-5-7-11(8-6-10)13-9(2)12-3/h4-15,22H,1-3H3;4-9H,1H2,2-3H3. The van der Waals surface area contributed by atoms with Crippen LogP contribution >= 0.6 is 0 Å².